The van der Waals surface area contributed by atoms with E-state index in [1.165, 1.54) is 18.2 Å². The number of hydrogen-bond acceptors (Lipinski definition) is 4. The van der Waals surface area contributed by atoms with Crippen LogP contribution in [0, 0.1) is 10.1 Å². The first-order chi connectivity index (χ1) is 5.59. The summed E-state index contributed by atoms with van der Waals surface area (Å²) in [6, 6.07) is 0. The van der Waals surface area contributed by atoms with Crippen molar-refractivity contribution in [1.29, 1.82) is 0 Å². The maximum Gasteiger partial charge on any atom is 0.544 e. The first-order valence-corrected chi connectivity index (χ1v) is 3.44. The van der Waals surface area contributed by atoms with Crippen LogP contribution in [0.1, 0.15) is 6.42 Å². The summed E-state index contributed by atoms with van der Waals surface area (Å²) in [6.45, 7) is 0. The fraction of sp³-hybridized carbons (Fsp3) is 0.333. The van der Waals surface area contributed by atoms with Crippen LogP contribution in [0.5, 0.6) is 0 Å². The number of nitro groups is 1. The summed E-state index contributed by atoms with van der Waals surface area (Å²) in [5.41, 5.74) is -1.76. The third kappa shape index (κ3) is 1.26. The molecule has 0 aromatic heterocycles. The zero-order valence-electron chi connectivity index (χ0n) is 6.25. The summed E-state index contributed by atoms with van der Waals surface area (Å²) in [6.07, 6.45) is 5.80. The molecule has 1 aliphatic carbocycles. The lowest BCUT2D eigenvalue weighted by molar-refractivity contribution is -0.533. The van der Waals surface area contributed by atoms with Crippen LogP contribution in [-0.4, -0.2) is 27.5 Å². The van der Waals surface area contributed by atoms with Crippen molar-refractivity contribution in [2.24, 2.45) is 0 Å². The molecule has 0 saturated heterocycles. The van der Waals surface area contributed by atoms with E-state index in [4.69, 9.17) is 10.0 Å². The van der Waals surface area contributed by atoms with Gasteiger partial charge >= 0.3 is 7.12 Å². The third-order valence-corrected chi connectivity index (χ3v) is 1.86. The van der Waals surface area contributed by atoms with Crippen LogP contribution in [-0.2, 0) is 0 Å². The molecular weight excluding hydrogens is 161 g/mol. The molecule has 64 valence electrons. The summed E-state index contributed by atoms with van der Waals surface area (Å²) >= 11 is 0. The second kappa shape index (κ2) is 3.08. The molecule has 0 spiro atoms. The Hall–Kier alpha value is -1.14. The van der Waals surface area contributed by atoms with Crippen molar-refractivity contribution in [3.63, 3.8) is 0 Å². The molecule has 0 bridgehead atoms. The van der Waals surface area contributed by atoms with Crippen molar-refractivity contribution in [3.05, 3.63) is 34.4 Å². The van der Waals surface area contributed by atoms with Crippen LogP contribution in [0.2, 0.25) is 0 Å². The average Bonchev–Trinajstić information content (AvgIpc) is 2.05. The van der Waals surface area contributed by atoms with Gasteiger partial charge in [-0.1, -0.05) is 18.2 Å². The van der Waals surface area contributed by atoms with Gasteiger partial charge in [-0.25, -0.2) is 0 Å². The van der Waals surface area contributed by atoms with Crippen LogP contribution in [0.15, 0.2) is 24.3 Å². The Balaban J connectivity index is 2.96. The fourth-order valence-corrected chi connectivity index (χ4v) is 1.05. The Kier molecular flexibility index (Phi) is 2.30. The van der Waals surface area contributed by atoms with Gasteiger partial charge in [0.05, 0.1) is 0 Å². The van der Waals surface area contributed by atoms with Gasteiger partial charge in [-0.2, -0.15) is 0 Å². The van der Waals surface area contributed by atoms with E-state index in [0.717, 1.165) is 0 Å². The molecule has 0 radical (unpaired) electrons. The molecule has 0 heterocycles. The Labute approximate surface area is 69.3 Å². The molecule has 5 nitrogen and oxygen atoms in total. The van der Waals surface area contributed by atoms with E-state index in [1.807, 2.05) is 0 Å². The minimum absolute atomic E-state index is 0.00810. The molecule has 0 aromatic rings. The van der Waals surface area contributed by atoms with Gasteiger partial charge in [0.25, 0.3) is 5.44 Å². The molecular formula is C6H8BNO4. The Bertz CT molecular complexity index is 250. The fourth-order valence-electron chi connectivity index (χ4n) is 1.05. The van der Waals surface area contributed by atoms with Crippen molar-refractivity contribution in [1.82, 2.24) is 0 Å². The SMILES string of the molecule is O=[N+]([O-])C1(B(O)O)C=CC=CC1. The van der Waals surface area contributed by atoms with E-state index in [-0.39, 0.29) is 6.42 Å². The largest absolute Gasteiger partial charge is 0.544 e. The average molecular weight is 169 g/mol. The van der Waals surface area contributed by atoms with E-state index >= 15 is 0 Å². The van der Waals surface area contributed by atoms with Gasteiger partial charge in [0.15, 0.2) is 0 Å². The predicted molar refractivity (Wildman–Crippen MR) is 42.8 cm³/mol. The van der Waals surface area contributed by atoms with E-state index in [9.17, 15) is 10.1 Å². The van der Waals surface area contributed by atoms with Crippen LogP contribution in [0.25, 0.3) is 0 Å². The number of nitrogens with zero attached hydrogens (tertiary/aromatic N) is 1. The van der Waals surface area contributed by atoms with E-state index < -0.39 is 17.5 Å². The highest BCUT2D eigenvalue weighted by Gasteiger charge is 2.52. The van der Waals surface area contributed by atoms with Crippen molar-refractivity contribution < 1.29 is 15.0 Å². The Morgan fingerprint density at radius 1 is 1.50 bits per heavy atom. The topological polar surface area (TPSA) is 83.6 Å². The van der Waals surface area contributed by atoms with E-state index in [1.54, 1.807) is 6.08 Å². The molecule has 0 aromatic carbocycles. The molecule has 1 atom stereocenters. The highest BCUT2D eigenvalue weighted by molar-refractivity contribution is 6.46. The van der Waals surface area contributed by atoms with Gasteiger partial charge < -0.3 is 10.0 Å². The number of hydrogen-bond donors (Lipinski definition) is 2. The lowest BCUT2D eigenvalue weighted by Crippen LogP contribution is -2.51. The van der Waals surface area contributed by atoms with Crippen LogP contribution in [0.3, 0.4) is 0 Å². The summed E-state index contributed by atoms with van der Waals surface area (Å²) in [7, 11) is -1.96. The molecule has 0 saturated carbocycles. The minimum atomic E-state index is -1.96. The first kappa shape index (κ1) is 8.96. The normalized spacial score (nSPS) is 27.2. The van der Waals surface area contributed by atoms with Crippen LogP contribution >= 0.6 is 0 Å². The van der Waals surface area contributed by atoms with Gasteiger partial charge in [-0.3, -0.25) is 10.1 Å². The lowest BCUT2D eigenvalue weighted by Gasteiger charge is -2.20. The van der Waals surface area contributed by atoms with Crippen molar-refractivity contribution in [2.45, 2.75) is 11.9 Å². The maximum atomic E-state index is 10.5. The van der Waals surface area contributed by atoms with Gasteiger partial charge in [0, 0.05) is 11.3 Å². The molecule has 6 heteroatoms. The van der Waals surface area contributed by atoms with E-state index in [2.05, 4.69) is 0 Å². The molecule has 0 aliphatic heterocycles. The molecule has 1 rings (SSSR count). The monoisotopic (exact) mass is 169 g/mol. The second-order valence-corrected chi connectivity index (χ2v) is 2.61. The summed E-state index contributed by atoms with van der Waals surface area (Å²) in [5, 5.41) is 28.2. The first-order valence-electron chi connectivity index (χ1n) is 3.44. The predicted octanol–water partition coefficient (Wildman–Crippen LogP) is -0.470. The maximum absolute atomic E-state index is 10.5. The van der Waals surface area contributed by atoms with Crippen molar-refractivity contribution in [3.8, 4) is 0 Å². The van der Waals surface area contributed by atoms with E-state index in [0.29, 0.717) is 0 Å². The second-order valence-electron chi connectivity index (χ2n) is 2.61. The summed E-state index contributed by atoms with van der Waals surface area (Å²) in [5.74, 6) is 0. The van der Waals surface area contributed by atoms with Crippen LogP contribution in [0.4, 0.5) is 0 Å². The summed E-state index contributed by atoms with van der Waals surface area (Å²) in [4.78, 5) is 9.84. The number of allylic oxidation sites excluding steroid dienone is 2. The smallest absolute Gasteiger partial charge is 0.422 e. The van der Waals surface area contributed by atoms with Crippen molar-refractivity contribution in [2.75, 3.05) is 0 Å². The third-order valence-electron chi connectivity index (χ3n) is 1.86. The van der Waals surface area contributed by atoms with Gasteiger partial charge in [-0.15, -0.1) is 0 Å². The molecule has 1 aliphatic rings. The highest BCUT2D eigenvalue weighted by Crippen LogP contribution is 2.22. The number of rotatable bonds is 2. The lowest BCUT2D eigenvalue weighted by atomic mass is 9.62. The molecule has 0 amide bonds. The molecule has 12 heavy (non-hydrogen) atoms. The standard InChI is InChI=1S/C6H8BNO4/c9-7(10)6(8(11)12)4-2-1-3-5-6/h1-4,9-10H,5H2. The zero-order valence-corrected chi connectivity index (χ0v) is 6.25. The minimum Gasteiger partial charge on any atom is -0.422 e. The quantitative estimate of drug-likeness (QED) is 0.332. The molecule has 2 N–H and O–H groups in total. The molecule has 0 fully saturated rings. The van der Waals surface area contributed by atoms with Crippen molar-refractivity contribution >= 4 is 7.12 Å². The summed E-state index contributed by atoms with van der Waals surface area (Å²) < 4.78 is 0. The molecule has 1 unspecified atom stereocenters. The highest BCUT2D eigenvalue weighted by atomic mass is 16.6. The van der Waals surface area contributed by atoms with Crippen LogP contribution < -0.4 is 0 Å². The van der Waals surface area contributed by atoms with Gasteiger partial charge in [-0.05, 0) is 6.08 Å². The Morgan fingerprint density at radius 2 is 2.17 bits per heavy atom. The zero-order chi connectivity index (χ0) is 9.19. The van der Waals surface area contributed by atoms with Gasteiger partial charge in [0.1, 0.15) is 0 Å². The Morgan fingerprint density at radius 3 is 2.42 bits per heavy atom. The van der Waals surface area contributed by atoms with Gasteiger partial charge in [0.2, 0.25) is 0 Å².